The number of nitrogens with zero attached hydrogens (tertiary/aromatic N) is 2. The maximum Gasteiger partial charge on any atom is 0.256 e. The summed E-state index contributed by atoms with van der Waals surface area (Å²) in [5.41, 5.74) is 3.98. The van der Waals surface area contributed by atoms with E-state index in [0.717, 1.165) is 22.5 Å². The normalized spacial score (nSPS) is 10.2. The SMILES string of the molecule is Cc1cccc(NC(=O)c2ccccc2-c2ccncn2)c1. The minimum atomic E-state index is -0.153. The molecule has 1 aromatic heterocycles. The van der Waals surface area contributed by atoms with Crippen LogP contribution in [0.3, 0.4) is 0 Å². The van der Waals surface area contributed by atoms with Gasteiger partial charge in [-0.1, -0.05) is 30.3 Å². The molecule has 22 heavy (non-hydrogen) atoms. The van der Waals surface area contributed by atoms with Crippen molar-refractivity contribution in [2.45, 2.75) is 6.92 Å². The van der Waals surface area contributed by atoms with Crippen molar-refractivity contribution in [2.24, 2.45) is 0 Å². The summed E-state index contributed by atoms with van der Waals surface area (Å²) in [6.07, 6.45) is 3.14. The standard InChI is InChI=1S/C18H15N3O/c1-13-5-4-6-14(11-13)21-18(22)16-8-3-2-7-15(16)17-9-10-19-12-20-17/h2-12H,1H3,(H,21,22). The number of benzene rings is 2. The van der Waals surface area contributed by atoms with Gasteiger partial charge in [0.15, 0.2) is 0 Å². The lowest BCUT2D eigenvalue weighted by Crippen LogP contribution is -2.13. The maximum atomic E-state index is 12.6. The van der Waals surface area contributed by atoms with Crippen molar-refractivity contribution in [1.29, 1.82) is 0 Å². The highest BCUT2D eigenvalue weighted by Crippen LogP contribution is 2.22. The molecule has 0 saturated heterocycles. The summed E-state index contributed by atoms with van der Waals surface area (Å²) in [5, 5.41) is 2.93. The lowest BCUT2D eigenvalue weighted by molar-refractivity contribution is 0.102. The number of hydrogen-bond donors (Lipinski definition) is 1. The first kappa shape index (κ1) is 13.9. The van der Waals surface area contributed by atoms with E-state index < -0.39 is 0 Å². The molecule has 3 rings (SSSR count). The lowest BCUT2D eigenvalue weighted by Gasteiger charge is -2.10. The van der Waals surface area contributed by atoms with Gasteiger partial charge in [0.2, 0.25) is 0 Å². The molecular formula is C18H15N3O. The molecule has 0 unspecified atom stereocenters. The van der Waals surface area contributed by atoms with Gasteiger partial charge in [-0.2, -0.15) is 0 Å². The first-order valence-corrected chi connectivity index (χ1v) is 6.97. The van der Waals surface area contributed by atoms with Crippen LogP contribution in [0, 0.1) is 6.92 Å². The number of nitrogens with one attached hydrogen (secondary N) is 1. The molecule has 0 aliphatic rings. The van der Waals surface area contributed by atoms with Crippen LogP contribution in [0.15, 0.2) is 67.1 Å². The van der Waals surface area contributed by atoms with Crippen LogP contribution >= 0.6 is 0 Å². The van der Waals surface area contributed by atoms with Gasteiger partial charge in [-0.05, 0) is 36.8 Å². The van der Waals surface area contributed by atoms with Gasteiger partial charge in [-0.15, -0.1) is 0 Å². The van der Waals surface area contributed by atoms with Crippen molar-refractivity contribution >= 4 is 11.6 Å². The fraction of sp³-hybridized carbons (Fsp3) is 0.0556. The van der Waals surface area contributed by atoms with E-state index >= 15 is 0 Å². The smallest absolute Gasteiger partial charge is 0.256 e. The molecule has 1 heterocycles. The summed E-state index contributed by atoms with van der Waals surface area (Å²) >= 11 is 0. The average Bonchev–Trinajstić information content (AvgIpc) is 2.56. The Morgan fingerprint density at radius 2 is 1.91 bits per heavy atom. The molecule has 0 aliphatic carbocycles. The Kier molecular flexibility index (Phi) is 3.92. The van der Waals surface area contributed by atoms with E-state index in [2.05, 4.69) is 15.3 Å². The summed E-state index contributed by atoms with van der Waals surface area (Å²) in [5.74, 6) is -0.153. The zero-order chi connectivity index (χ0) is 15.4. The molecular weight excluding hydrogens is 274 g/mol. The Hall–Kier alpha value is -3.01. The molecule has 4 heteroatoms. The van der Waals surface area contributed by atoms with E-state index in [9.17, 15) is 4.79 Å². The summed E-state index contributed by atoms with van der Waals surface area (Å²) in [6, 6.07) is 16.9. The molecule has 1 amide bonds. The van der Waals surface area contributed by atoms with Gasteiger partial charge in [0.05, 0.1) is 5.69 Å². The van der Waals surface area contributed by atoms with Crippen LogP contribution in [0.2, 0.25) is 0 Å². The average molecular weight is 289 g/mol. The van der Waals surface area contributed by atoms with Crippen molar-refractivity contribution < 1.29 is 4.79 Å². The van der Waals surface area contributed by atoms with E-state index in [1.165, 1.54) is 6.33 Å². The molecule has 0 spiro atoms. The summed E-state index contributed by atoms with van der Waals surface area (Å²) in [7, 11) is 0. The van der Waals surface area contributed by atoms with Gasteiger partial charge >= 0.3 is 0 Å². The predicted molar refractivity (Wildman–Crippen MR) is 86.6 cm³/mol. The van der Waals surface area contributed by atoms with Crippen LogP contribution in [0.25, 0.3) is 11.3 Å². The number of hydrogen-bond acceptors (Lipinski definition) is 3. The van der Waals surface area contributed by atoms with Gasteiger partial charge in [0, 0.05) is 23.0 Å². The van der Waals surface area contributed by atoms with Crippen molar-refractivity contribution in [1.82, 2.24) is 9.97 Å². The number of aromatic nitrogens is 2. The molecule has 0 bridgehead atoms. The van der Waals surface area contributed by atoms with Gasteiger partial charge in [0.25, 0.3) is 5.91 Å². The number of anilines is 1. The van der Waals surface area contributed by atoms with Crippen molar-refractivity contribution in [3.63, 3.8) is 0 Å². The number of aryl methyl sites for hydroxylation is 1. The van der Waals surface area contributed by atoms with Crippen LogP contribution in [0.1, 0.15) is 15.9 Å². The zero-order valence-electron chi connectivity index (χ0n) is 12.2. The van der Waals surface area contributed by atoms with Crippen molar-refractivity contribution in [3.05, 3.63) is 78.2 Å². The minimum Gasteiger partial charge on any atom is -0.322 e. The van der Waals surface area contributed by atoms with Gasteiger partial charge in [0.1, 0.15) is 6.33 Å². The summed E-state index contributed by atoms with van der Waals surface area (Å²) in [4.78, 5) is 20.7. The molecule has 1 N–H and O–H groups in total. The molecule has 2 aromatic carbocycles. The lowest BCUT2D eigenvalue weighted by atomic mass is 10.0. The van der Waals surface area contributed by atoms with E-state index in [4.69, 9.17) is 0 Å². The second-order valence-electron chi connectivity index (χ2n) is 4.96. The first-order chi connectivity index (χ1) is 10.7. The van der Waals surface area contributed by atoms with Crippen LogP contribution in [-0.2, 0) is 0 Å². The van der Waals surface area contributed by atoms with Crippen LogP contribution < -0.4 is 5.32 Å². The van der Waals surface area contributed by atoms with E-state index in [-0.39, 0.29) is 5.91 Å². The highest BCUT2D eigenvalue weighted by atomic mass is 16.1. The molecule has 3 aromatic rings. The van der Waals surface area contributed by atoms with Gasteiger partial charge in [-0.25, -0.2) is 9.97 Å². The topological polar surface area (TPSA) is 54.9 Å². The third-order valence-corrected chi connectivity index (χ3v) is 3.31. The minimum absolute atomic E-state index is 0.153. The molecule has 108 valence electrons. The summed E-state index contributed by atoms with van der Waals surface area (Å²) in [6.45, 7) is 1.99. The van der Waals surface area contributed by atoms with Crippen LogP contribution in [0.5, 0.6) is 0 Å². The Labute approximate surface area is 128 Å². The van der Waals surface area contributed by atoms with Crippen molar-refractivity contribution in [2.75, 3.05) is 5.32 Å². The number of rotatable bonds is 3. The third kappa shape index (κ3) is 3.01. The zero-order valence-corrected chi connectivity index (χ0v) is 12.2. The molecule has 4 nitrogen and oxygen atoms in total. The monoisotopic (exact) mass is 289 g/mol. The molecule has 0 radical (unpaired) electrons. The first-order valence-electron chi connectivity index (χ1n) is 6.97. The van der Waals surface area contributed by atoms with Gasteiger partial charge in [-0.3, -0.25) is 4.79 Å². The Bertz CT molecular complexity index is 800. The number of carbonyl (C=O) groups is 1. The predicted octanol–water partition coefficient (Wildman–Crippen LogP) is 3.70. The number of amides is 1. The van der Waals surface area contributed by atoms with Crippen LogP contribution in [-0.4, -0.2) is 15.9 Å². The largest absolute Gasteiger partial charge is 0.322 e. The molecule has 0 saturated carbocycles. The molecule has 0 fully saturated rings. The van der Waals surface area contributed by atoms with Crippen LogP contribution in [0.4, 0.5) is 5.69 Å². The van der Waals surface area contributed by atoms with Gasteiger partial charge < -0.3 is 5.32 Å². The Morgan fingerprint density at radius 1 is 1.05 bits per heavy atom. The second-order valence-corrected chi connectivity index (χ2v) is 4.96. The quantitative estimate of drug-likeness (QED) is 0.799. The Morgan fingerprint density at radius 3 is 2.68 bits per heavy atom. The summed E-state index contributed by atoms with van der Waals surface area (Å²) < 4.78 is 0. The fourth-order valence-corrected chi connectivity index (χ4v) is 2.28. The Balaban J connectivity index is 1.93. The van der Waals surface area contributed by atoms with E-state index in [0.29, 0.717) is 5.56 Å². The maximum absolute atomic E-state index is 12.6. The van der Waals surface area contributed by atoms with Crippen molar-refractivity contribution in [3.8, 4) is 11.3 Å². The highest BCUT2D eigenvalue weighted by Gasteiger charge is 2.13. The fourth-order valence-electron chi connectivity index (χ4n) is 2.28. The number of carbonyl (C=O) groups excluding carboxylic acids is 1. The third-order valence-electron chi connectivity index (χ3n) is 3.31. The van der Waals surface area contributed by atoms with E-state index in [1.807, 2.05) is 49.4 Å². The highest BCUT2D eigenvalue weighted by molar-refractivity contribution is 6.08. The molecule has 0 aliphatic heterocycles. The van der Waals surface area contributed by atoms with E-state index in [1.54, 1.807) is 18.3 Å². The second kappa shape index (κ2) is 6.18. The molecule has 0 atom stereocenters.